The maximum Gasteiger partial charge on any atom is 0.407 e. The molecule has 2 aromatic rings. The van der Waals surface area contributed by atoms with Crippen LogP contribution in [0.15, 0.2) is 54.6 Å². The molecule has 136 valence electrons. The molecular formula is C21H23NO4. The number of phenolic OH excluding ortho intramolecular Hbond substituents is 1. The summed E-state index contributed by atoms with van der Waals surface area (Å²) in [5.74, 6) is 2.76. The number of phenols is 1. The highest BCUT2D eigenvalue weighted by Gasteiger charge is 2.25. The first-order chi connectivity index (χ1) is 12.6. The van der Waals surface area contributed by atoms with Crippen LogP contribution in [0.5, 0.6) is 5.75 Å². The molecule has 2 aromatic carbocycles. The largest absolute Gasteiger partial charge is 0.508 e. The number of rotatable bonds is 8. The van der Waals surface area contributed by atoms with Crippen LogP contribution in [0.4, 0.5) is 4.79 Å². The van der Waals surface area contributed by atoms with Gasteiger partial charge in [0.25, 0.3) is 0 Å². The normalized spacial score (nSPS) is 12.6. The van der Waals surface area contributed by atoms with Crippen LogP contribution in [-0.2, 0) is 16.1 Å². The summed E-state index contributed by atoms with van der Waals surface area (Å²) in [7, 11) is 1.60. The van der Waals surface area contributed by atoms with E-state index in [0.29, 0.717) is 12.8 Å². The van der Waals surface area contributed by atoms with E-state index >= 15 is 0 Å². The SMILES string of the molecule is C#CCC[C@@H](NC(=O)OCc1ccc(O)cc1)[C@H](OC)c1ccccc1. The molecule has 5 nitrogen and oxygen atoms in total. The summed E-state index contributed by atoms with van der Waals surface area (Å²) in [5, 5.41) is 12.1. The van der Waals surface area contributed by atoms with E-state index < -0.39 is 6.09 Å². The summed E-state index contributed by atoms with van der Waals surface area (Å²) in [6.45, 7) is 0.108. The van der Waals surface area contributed by atoms with Gasteiger partial charge in [-0.3, -0.25) is 0 Å². The van der Waals surface area contributed by atoms with Crippen molar-refractivity contribution in [2.45, 2.75) is 31.6 Å². The fourth-order valence-corrected chi connectivity index (χ4v) is 2.65. The quantitative estimate of drug-likeness (QED) is 0.709. The van der Waals surface area contributed by atoms with Gasteiger partial charge >= 0.3 is 6.09 Å². The predicted octanol–water partition coefficient (Wildman–Crippen LogP) is 3.79. The van der Waals surface area contributed by atoms with Gasteiger partial charge in [0.2, 0.25) is 0 Å². The van der Waals surface area contributed by atoms with Crippen molar-refractivity contribution in [2.75, 3.05) is 7.11 Å². The van der Waals surface area contributed by atoms with Crippen LogP contribution in [0.2, 0.25) is 0 Å². The van der Waals surface area contributed by atoms with Crippen molar-refractivity contribution in [2.24, 2.45) is 0 Å². The van der Waals surface area contributed by atoms with Crippen LogP contribution in [0.25, 0.3) is 0 Å². The number of nitrogens with one attached hydrogen (secondary N) is 1. The Bertz CT molecular complexity index is 722. The minimum atomic E-state index is -0.543. The molecule has 0 aliphatic carbocycles. The molecule has 2 rings (SSSR count). The second-order valence-corrected chi connectivity index (χ2v) is 5.80. The van der Waals surface area contributed by atoms with Crippen molar-refractivity contribution < 1.29 is 19.4 Å². The summed E-state index contributed by atoms with van der Waals surface area (Å²) in [5.41, 5.74) is 1.74. The van der Waals surface area contributed by atoms with Crippen LogP contribution >= 0.6 is 0 Å². The van der Waals surface area contributed by atoms with Crippen molar-refractivity contribution in [3.8, 4) is 18.1 Å². The first kappa shape index (κ1) is 19.4. The topological polar surface area (TPSA) is 67.8 Å². The molecule has 0 fully saturated rings. The molecule has 1 amide bonds. The van der Waals surface area contributed by atoms with Gasteiger partial charge in [0.1, 0.15) is 18.5 Å². The molecule has 0 radical (unpaired) electrons. The molecule has 0 heterocycles. The number of hydrogen-bond acceptors (Lipinski definition) is 4. The molecule has 0 bridgehead atoms. The molecule has 0 saturated heterocycles. The molecule has 26 heavy (non-hydrogen) atoms. The average molecular weight is 353 g/mol. The van der Waals surface area contributed by atoms with E-state index in [1.807, 2.05) is 30.3 Å². The van der Waals surface area contributed by atoms with Gasteiger partial charge in [-0.2, -0.15) is 0 Å². The van der Waals surface area contributed by atoms with E-state index in [4.69, 9.17) is 15.9 Å². The molecule has 0 aromatic heterocycles. The van der Waals surface area contributed by atoms with Gasteiger partial charge in [0, 0.05) is 13.5 Å². The van der Waals surface area contributed by atoms with Crippen molar-refractivity contribution >= 4 is 6.09 Å². The fourth-order valence-electron chi connectivity index (χ4n) is 2.65. The highest BCUT2D eigenvalue weighted by atomic mass is 16.5. The molecule has 0 saturated carbocycles. The maximum absolute atomic E-state index is 12.2. The Morgan fingerprint density at radius 3 is 2.50 bits per heavy atom. The Morgan fingerprint density at radius 2 is 1.88 bits per heavy atom. The number of methoxy groups -OCH3 is 1. The first-order valence-corrected chi connectivity index (χ1v) is 8.36. The third-order valence-electron chi connectivity index (χ3n) is 3.96. The molecule has 0 aliphatic heterocycles. The zero-order valence-corrected chi connectivity index (χ0v) is 14.7. The standard InChI is InChI=1S/C21H23NO4/c1-3-4-10-19(20(25-2)17-8-6-5-7-9-17)22-21(24)26-15-16-11-13-18(23)14-12-16/h1,5-9,11-14,19-20,23H,4,10,15H2,2H3,(H,22,24)/t19-,20-/m1/s1. The van der Waals surface area contributed by atoms with Crippen LogP contribution in [0.3, 0.4) is 0 Å². The highest BCUT2D eigenvalue weighted by Crippen LogP contribution is 2.23. The summed E-state index contributed by atoms with van der Waals surface area (Å²) in [6.07, 6.45) is 5.59. The minimum absolute atomic E-state index is 0.108. The van der Waals surface area contributed by atoms with Crippen molar-refractivity contribution in [3.05, 3.63) is 65.7 Å². The Kier molecular flexibility index (Phi) is 7.53. The number of terminal acetylenes is 1. The predicted molar refractivity (Wildman–Crippen MR) is 99.5 cm³/mol. The summed E-state index contributed by atoms with van der Waals surface area (Å²) < 4.78 is 10.9. The van der Waals surface area contributed by atoms with E-state index in [1.165, 1.54) is 0 Å². The van der Waals surface area contributed by atoms with Gasteiger partial charge in [0.15, 0.2) is 0 Å². The lowest BCUT2D eigenvalue weighted by Gasteiger charge is -2.26. The minimum Gasteiger partial charge on any atom is -0.508 e. The summed E-state index contributed by atoms with van der Waals surface area (Å²) in [6, 6.07) is 15.8. The molecule has 5 heteroatoms. The number of amides is 1. The lowest BCUT2D eigenvalue weighted by atomic mass is 9.98. The van der Waals surface area contributed by atoms with Crippen LogP contribution in [0.1, 0.15) is 30.1 Å². The van der Waals surface area contributed by atoms with Gasteiger partial charge in [-0.1, -0.05) is 42.5 Å². The lowest BCUT2D eigenvalue weighted by molar-refractivity contribution is 0.0592. The lowest BCUT2D eigenvalue weighted by Crippen LogP contribution is -2.40. The van der Waals surface area contributed by atoms with Gasteiger partial charge < -0.3 is 19.9 Å². The zero-order valence-electron chi connectivity index (χ0n) is 14.7. The zero-order chi connectivity index (χ0) is 18.8. The van der Waals surface area contributed by atoms with Crippen LogP contribution in [0, 0.1) is 12.3 Å². The third-order valence-corrected chi connectivity index (χ3v) is 3.96. The number of carbonyl (C=O) groups is 1. The number of hydrogen-bond donors (Lipinski definition) is 2. The molecular weight excluding hydrogens is 330 g/mol. The molecule has 2 atom stereocenters. The van der Waals surface area contributed by atoms with E-state index in [2.05, 4.69) is 11.2 Å². The number of carbonyl (C=O) groups excluding carboxylic acids is 1. The average Bonchev–Trinajstić information content (AvgIpc) is 2.67. The molecule has 0 unspecified atom stereocenters. The smallest absolute Gasteiger partial charge is 0.407 e. The fraction of sp³-hybridized carbons (Fsp3) is 0.286. The van der Waals surface area contributed by atoms with Crippen molar-refractivity contribution in [3.63, 3.8) is 0 Å². The van der Waals surface area contributed by atoms with Gasteiger partial charge in [-0.05, 0) is 29.7 Å². The maximum atomic E-state index is 12.2. The van der Waals surface area contributed by atoms with E-state index in [1.54, 1.807) is 31.4 Å². The highest BCUT2D eigenvalue weighted by molar-refractivity contribution is 5.67. The number of ether oxygens (including phenoxy) is 2. The van der Waals surface area contributed by atoms with E-state index in [9.17, 15) is 9.90 Å². The third kappa shape index (κ3) is 5.83. The van der Waals surface area contributed by atoms with Gasteiger partial charge in [0.05, 0.1) is 6.04 Å². The second-order valence-electron chi connectivity index (χ2n) is 5.80. The summed E-state index contributed by atoms with van der Waals surface area (Å²) in [4.78, 5) is 12.2. The molecule has 0 aliphatic rings. The van der Waals surface area contributed by atoms with Crippen molar-refractivity contribution in [1.29, 1.82) is 0 Å². The Balaban J connectivity index is 2.00. The van der Waals surface area contributed by atoms with Gasteiger partial charge in [-0.15, -0.1) is 12.3 Å². The molecule has 2 N–H and O–H groups in total. The van der Waals surface area contributed by atoms with E-state index in [-0.39, 0.29) is 24.5 Å². The first-order valence-electron chi connectivity index (χ1n) is 8.36. The second kappa shape index (κ2) is 10.1. The van der Waals surface area contributed by atoms with Gasteiger partial charge in [-0.25, -0.2) is 4.79 Å². The van der Waals surface area contributed by atoms with E-state index in [0.717, 1.165) is 11.1 Å². The monoisotopic (exact) mass is 353 g/mol. The molecule has 0 spiro atoms. The van der Waals surface area contributed by atoms with Crippen LogP contribution in [-0.4, -0.2) is 24.4 Å². The summed E-state index contributed by atoms with van der Waals surface area (Å²) >= 11 is 0. The van der Waals surface area contributed by atoms with Crippen molar-refractivity contribution in [1.82, 2.24) is 5.32 Å². The Morgan fingerprint density at radius 1 is 1.19 bits per heavy atom. The number of aromatic hydroxyl groups is 1. The number of benzene rings is 2. The Labute approximate surface area is 154 Å². The number of alkyl carbamates (subject to hydrolysis) is 1. The van der Waals surface area contributed by atoms with Crippen LogP contribution < -0.4 is 5.32 Å². The Hall–Kier alpha value is -2.97.